The van der Waals surface area contributed by atoms with Crippen molar-refractivity contribution in [2.24, 2.45) is 0 Å². The molecule has 0 bridgehead atoms. The molecule has 2 atom stereocenters. The van der Waals surface area contributed by atoms with Crippen LogP contribution >= 0.6 is 0 Å². The van der Waals surface area contributed by atoms with Gasteiger partial charge in [-0.05, 0) is 13.0 Å². The van der Waals surface area contributed by atoms with Crippen molar-refractivity contribution in [3.05, 3.63) is 40.5 Å². The average Bonchev–Trinajstić information content (AvgIpc) is 2.51. The second-order valence-electron chi connectivity index (χ2n) is 5.63. The Morgan fingerprint density at radius 1 is 1.35 bits per heavy atom. The molecule has 6 nitrogen and oxygen atoms in total. The molecule has 0 radical (unpaired) electrons. The van der Waals surface area contributed by atoms with E-state index >= 15 is 0 Å². The van der Waals surface area contributed by atoms with Crippen LogP contribution in [-0.2, 0) is 14.3 Å². The minimum absolute atomic E-state index is 0.0198. The summed E-state index contributed by atoms with van der Waals surface area (Å²) < 4.78 is 10.3. The van der Waals surface area contributed by atoms with Crippen LogP contribution in [0.25, 0.3) is 0 Å². The van der Waals surface area contributed by atoms with Crippen molar-refractivity contribution in [1.29, 1.82) is 0 Å². The monoisotopic (exact) mass is 316 g/mol. The van der Waals surface area contributed by atoms with E-state index in [2.05, 4.69) is 4.74 Å². The molecule has 0 aromatic heterocycles. The summed E-state index contributed by atoms with van der Waals surface area (Å²) in [6.07, 6.45) is -0.940. The van der Waals surface area contributed by atoms with E-state index in [1.807, 2.05) is 0 Å². The largest absolute Gasteiger partial charge is 0.507 e. The first-order valence-corrected chi connectivity index (χ1v) is 7.30. The fourth-order valence-corrected chi connectivity index (χ4v) is 3.18. The standard InChI is InChI=1S/C17H16O6/c1-8-14-11(6-9(23-8)7-13(19)22-2)16(20)10-4-3-5-12(18)15(10)17(14)21/h3-5,8-9,18H,6-7H2,1-2H3/t8-,9+/m1/s1. The molecule has 1 N–H and O–H groups in total. The van der Waals surface area contributed by atoms with Crippen LogP contribution in [0.15, 0.2) is 29.3 Å². The Labute approximate surface area is 132 Å². The van der Waals surface area contributed by atoms with Gasteiger partial charge in [0.1, 0.15) is 5.75 Å². The summed E-state index contributed by atoms with van der Waals surface area (Å²) in [4.78, 5) is 36.8. The minimum atomic E-state index is -0.627. The number of phenols is 1. The van der Waals surface area contributed by atoms with Gasteiger partial charge in [-0.2, -0.15) is 0 Å². The number of ketones is 2. The summed E-state index contributed by atoms with van der Waals surface area (Å²) in [5.74, 6) is -1.33. The maximum atomic E-state index is 12.7. The lowest BCUT2D eigenvalue weighted by atomic mass is 9.78. The highest BCUT2D eigenvalue weighted by Crippen LogP contribution is 2.39. The number of hydrogen-bond acceptors (Lipinski definition) is 6. The van der Waals surface area contributed by atoms with E-state index in [1.54, 1.807) is 6.92 Å². The number of carbonyl (C=O) groups excluding carboxylic acids is 3. The molecule has 0 fully saturated rings. The van der Waals surface area contributed by atoms with Gasteiger partial charge < -0.3 is 14.6 Å². The summed E-state index contributed by atoms with van der Waals surface area (Å²) in [5.41, 5.74) is 0.851. The molecule has 0 saturated heterocycles. The molecule has 0 spiro atoms. The van der Waals surface area contributed by atoms with E-state index in [1.165, 1.54) is 25.3 Å². The van der Waals surface area contributed by atoms with Crippen molar-refractivity contribution >= 4 is 17.5 Å². The molecule has 0 amide bonds. The number of fused-ring (bicyclic) bond motifs is 1. The number of phenolic OH excluding ortho intramolecular Hbond substituents is 1. The highest BCUT2D eigenvalue weighted by Gasteiger charge is 2.41. The van der Waals surface area contributed by atoms with Crippen molar-refractivity contribution in [1.82, 2.24) is 0 Å². The van der Waals surface area contributed by atoms with Gasteiger partial charge in [-0.1, -0.05) is 12.1 Å². The van der Waals surface area contributed by atoms with Crippen LogP contribution in [0.5, 0.6) is 5.75 Å². The maximum Gasteiger partial charge on any atom is 0.308 e. The van der Waals surface area contributed by atoms with E-state index in [0.717, 1.165) is 0 Å². The van der Waals surface area contributed by atoms with E-state index in [4.69, 9.17) is 4.74 Å². The Hall–Kier alpha value is -2.47. The zero-order valence-electron chi connectivity index (χ0n) is 12.8. The van der Waals surface area contributed by atoms with Crippen LogP contribution in [0, 0.1) is 0 Å². The number of esters is 1. The highest BCUT2D eigenvalue weighted by molar-refractivity contribution is 6.28. The van der Waals surface area contributed by atoms with Gasteiger partial charge in [-0.3, -0.25) is 14.4 Å². The minimum Gasteiger partial charge on any atom is -0.507 e. The Morgan fingerprint density at radius 3 is 2.78 bits per heavy atom. The van der Waals surface area contributed by atoms with Crippen LogP contribution in [0.4, 0.5) is 0 Å². The molecule has 1 aromatic carbocycles. The number of carbonyl (C=O) groups is 3. The lowest BCUT2D eigenvalue weighted by Gasteiger charge is -2.33. The summed E-state index contributed by atoms with van der Waals surface area (Å²) in [5, 5.41) is 9.93. The van der Waals surface area contributed by atoms with E-state index in [9.17, 15) is 19.5 Å². The Kier molecular flexibility index (Phi) is 3.77. The number of aromatic hydroxyl groups is 1. The molecule has 1 aromatic rings. The van der Waals surface area contributed by atoms with Crippen molar-refractivity contribution < 1.29 is 29.0 Å². The molecular formula is C17H16O6. The van der Waals surface area contributed by atoms with E-state index in [0.29, 0.717) is 5.57 Å². The molecule has 120 valence electrons. The Bertz CT molecular complexity index is 745. The lowest BCUT2D eigenvalue weighted by molar-refractivity contribution is -0.144. The first kappa shape index (κ1) is 15.4. The molecule has 3 rings (SSSR count). The molecule has 23 heavy (non-hydrogen) atoms. The van der Waals surface area contributed by atoms with E-state index < -0.39 is 24.0 Å². The zero-order chi connectivity index (χ0) is 16.7. The first-order valence-electron chi connectivity index (χ1n) is 7.30. The number of benzene rings is 1. The van der Waals surface area contributed by atoms with Crippen LogP contribution in [0.2, 0.25) is 0 Å². The van der Waals surface area contributed by atoms with Gasteiger partial charge in [0.15, 0.2) is 11.6 Å². The summed E-state index contributed by atoms with van der Waals surface area (Å²) in [6.45, 7) is 1.66. The van der Waals surface area contributed by atoms with Crippen molar-refractivity contribution in [2.45, 2.75) is 32.0 Å². The van der Waals surface area contributed by atoms with Crippen LogP contribution in [0.3, 0.4) is 0 Å². The molecule has 1 aliphatic heterocycles. The third-order valence-corrected chi connectivity index (χ3v) is 4.21. The zero-order valence-corrected chi connectivity index (χ0v) is 12.8. The number of methoxy groups -OCH3 is 1. The van der Waals surface area contributed by atoms with Gasteiger partial charge in [0.2, 0.25) is 0 Å². The van der Waals surface area contributed by atoms with Crippen LogP contribution < -0.4 is 0 Å². The molecule has 0 unspecified atom stereocenters. The topological polar surface area (TPSA) is 89.9 Å². The van der Waals surface area contributed by atoms with Crippen LogP contribution in [-0.4, -0.2) is 42.0 Å². The van der Waals surface area contributed by atoms with Crippen molar-refractivity contribution in [2.75, 3.05) is 7.11 Å². The number of Topliss-reactive ketones (excluding diaryl/α,β-unsaturated/α-hetero) is 2. The van der Waals surface area contributed by atoms with Gasteiger partial charge in [0, 0.05) is 23.1 Å². The first-order chi connectivity index (χ1) is 10.9. The maximum absolute atomic E-state index is 12.7. The predicted molar refractivity (Wildman–Crippen MR) is 79.4 cm³/mol. The SMILES string of the molecule is COC(=O)C[C@@H]1CC2=C(C(=O)c3c(O)cccc3C2=O)[C@@H](C)O1. The van der Waals surface area contributed by atoms with Gasteiger partial charge in [-0.25, -0.2) is 0 Å². The van der Waals surface area contributed by atoms with Crippen molar-refractivity contribution in [3.8, 4) is 5.75 Å². The van der Waals surface area contributed by atoms with Crippen molar-refractivity contribution in [3.63, 3.8) is 0 Å². The highest BCUT2D eigenvalue weighted by atomic mass is 16.5. The van der Waals surface area contributed by atoms with Gasteiger partial charge >= 0.3 is 5.97 Å². The summed E-state index contributed by atoms with van der Waals surface area (Å²) >= 11 is 0. The molecule has 2 aliphatic rings. The smallest absolute Gasteiger partial charge is 0.308 e. The fraction of sp³-hybridized carbons (Fsp3) is 0.353. The molecule has 6 heteroatoms. The number of rotatable bonds is 2. The third kappa shape index (κ3) is 2.45. The second kappa shape index (κ2) is 5.62. The number of ether oxygens (including phenoxy) is 2. The van der Waals surface area contributed by atoms with Gasteiger partial charge in [0.25, 0.3) is 0 Å². The van der Waals surface area contributed by atoms with E-state index in [-0.39, 0.29) is 41.1 Å². The van der Waals surface area contributed by atoms with Gasteiger partial charge in [0.05, 0.1) is 31.3 Å². The Morgan fingerprint density at radius 2 is 2.09 bits per heavy atom. The molecule has 1 aliphatic carbocycles. The average molecular weight is 316 g/mol. The summed E-state index contributed by atoms with van der Waals surface area (Å²) in [7, 11) is 1.29. The molecule has 0 saturated carbocycles. The lowest BCUT2D eigenvalue weighted by Crippen LogP contribution is -2.38. The predicted octanol–water partition coefficient (Wildman–Crippen LogP) is 1.81. The Balaban J connectivity index is 2.02. The normalized spacial score (nSPS) is 23.4. The second-order valence-corrected chi connectivity index (χ2v) is 5.63. The molecule has 1 heterocycles. The summed E-state index contributed by atoms with van der Waals surface area (Å²) in [6, 6.07) is 4.43. The molecular weight excluding hydrogens is 300 g/mol. The quantitative estimate of drug-likeness (QED) is 0.837. The van der Waals surface area contributed by atoms with Crippen LogP contribution in [0.1, 0.15) is 40.5 Å². The van der Waals surface area contributed by atoms with Gasteiger partial charge in [-0.15, -0.1) is 0 Å². The number of hydrogen-bond donors (Lipinski definition) is 1. The fourth-order valence-electron chi connectivity index (χ4n) is 3.18. The third-order valence-electron chi connectivity index (χ3n) is 4.21.